The highest BCUT2D eigenvalue weighted by Gasteiger charge is 2.19. The van der Waals surface area contributed by atoms with Crippen LogP contribution >= 0.6 is 0 Å². The highest BCUT2D eigenvalue weighted by Crippen LogP contribution is 2.33. The molecule has 5 heterocycles. The fourth-order valence-electron chi connectivity index (χ4n) is 6.08. The zero-order chi connectivity index (χ0) is 32.3. The molecule has 1 fully saturated rings. The lowest BCUT2D eigenvalue weighted by Crippen LogP contribution is -2.30. The number of nitrogens with one attached hydrogen (secondary N) is 5. The van der Waals surface area contributed by atoms with Crippen molar-refractivity contribution < 1.29 is 9.18 Å². The molecule has 1 aliphatic rings. The molecule has 0 atom stereocenters. The Bertz CT molecular complexity index is 2050. The number of amides is 1. The van der Waals surface area contributed by atoms with E-state index in [2.05, 4.69) is 41.0 Å². The van der Waals surface area contributed by atoms with E-state index in [1.54, 1.807) is 12.4 Å². The number of carbonyl (C=O) groups excluding carboxylic acids is 1. The Hall–Kier alpha value is -5.20. The van der Waals surface area contributed by atoms with Crippen molar-refractivity contribution in [2.45, 2.75) is 19.3 Å². The van der Waals surface area contributed by atoms with Crippen LogP contribution in [0.15, 0.2) is 67.0 Å². The fourth-order valence-corrected chi connectivity index (χ4v) is 6.08. The Balaban J connectivity index is 1.16. The third kappa shape index (κ3) is 6.83. The molecule has 1 aliphatic heterocycles. The van der Waals surface area contributed by atoms with Gasteiger partial charge in [0.2, 0.25) is 5.91 Å². The molecule has 0 spiro atoms. The number of H-pyrrole nitrogens is 2. The van der Waals surface area contributed by atoms with E-state index in [4.69, 9.17) is 9.97 Å². The SMILES string of the molecule is CN(C)CCNc1cc(F)cc(-c2cccc3[nH]c(-c4n[nH]c5ccc(-c6cncc(NC(=O)CC7CCNCC7)c6)nc45)nc23)c1. The van der Waals surface area contributed by atoms with Gasteiger partial charge < -0.3 is 25.8 Å². The van der Waals surface area contributed by atoms with E-state index in [-0.39, 0.29) is 11.7 Å². The number of piperidine rings is 1. The smallest absolute Gasteiger partial charge is 0.224 e. The number of carbonyl (C=O) groups is 1. The van der Waals surface area contributed by atoms with Crippen molar-refractivity contribution in [3.8, 4) is 33.9 Å². The third-order valence-corrected chi connectivity index (χ3v) is 8.49. The monoisotopic (exact) mass is 632 g/mol. The quantitative estimate of drug-likeness (QED) is 0.130. The molecule has 0 radical (unpaired) electrons. The molecular weight excluding hydrogens is 595 g/mol. The van der Waals surface area contributed by atoms with Crippen LogP contribution in [0.3, 0.4) is 0 Å². The first kappa shape index (κ1) is 30.5. The van der Waals surface area contributed by atoms with Crippen LogP contribution in [0.1, 0.15) is 19.3 Å². The van der Waals surface area contributed by atoms with Crippen LogP contribution in [0, 0.1) is 11.7 Å². The number of para-hydroxylation sites is 1. The molecule has 0 unspecified atom stereocenters. The van der Waals surface area contributed by atoms with Crippen molar-refractivity contribution in [2.24, 2.45) is 5.92 Å². The number of hydrogen-bond donors (Lipinski definition) is 5. The number of aromatic amines is 2. The number of imidazole rings is 1. The number of halogens is 1. The molecule has 4 aromatic heterocycles. The van der Waals surface area contributed by atoms with Crippen molar-refractivity contribution in [2.75, 3.05) is 50.9 Å². The summed E-state index contributed by atoms with van der Waals surface area (Å²) in [5, 5.41) is 17.3. The predicted octanol–water partition coefficient (Wildman–Crippen LogP) is 5.67. The summed E-state index contributed by atoms with van der Waals surface area (Å²) in [5.74, 6) is 0.612. The van der Waals surface area contributed by atoms with Gasteiger partial charge >= 0.3 is 0 Å². The summed E-state index contributed by atoms with van der Waals surface area (Å²) >= 11 is 0. The molecule has 47 heavy (non-hydrogen) atoms. The number of anilines is 2. The first-order valence-electron chi connectivity index (χ1n) is 15.9. The van der Waals surface area contributed by atoms with E-state index in [1.807, 2.05) is 56.6 Å². The van der Waals surface area contributed by atoms with Gasteiger partial charge in [-0.3, -0.25) is 14.9 Å². The number of likely N-dealkylation sites (N-methyl/N-ethyl adjacent to an activating group) is 1. The number of rotatable bonds is 10. The standard InChI is InChI=1S/C35H37FN10O/c1-46(2)13-12-39-25-16-22(15-24(36)18-25)27-4-3-5-29-32(27)43-35(42-29)34-33-30(44-45-34)7-6-28(41-33)23-17-26(20-38-19-23)40-31(47)14-21-8-10-37-11-9-21/h3-7,15-21,37,39H,8-14H2,1-2H3,(H,40,47)(H,42,43)(H,44,45). The molecule has 11 nitrogen and oxygen atoms in total. The van der Waals surface area contributed by atoms with Gasteiger partial charge in [0.05, 0.1) is 34.1 Å². The number of benzene rings is 2. The minimum absolute atomic E-state index is 0.00399. The average molecular weight is 633 g/mol. The molecule has 1 amide bonds. The maximum atomic E-state index is 14.7. The molecule has 0 saturated carbocycles. The van der Waals surface area contributed by atoms with Gasteiger partial charge in [0, 0.05) is 42.5 Å². The van der Waals surface area contributed by atoms with E-state index in [1.165, 1.54) is 12.1 Å². The van der Waals surface area contributed by atoms with Crippen LogP contribution in [0.5, 0.6) is 0 Å². The molecule has 0 aliphatic carbocycles. The lowest BCUT2D eigenvalue weighted by molar-refractivity contribution is -0.117. The molecule has 0 bridgehead atoms. The second-order valence-corrected chi connectivity index (χ2v) is 12.3. The van der Waals surface area contributed by atoms with Gasteiger partial charge in [-0.2, -0.15) is 5.10 Å². The number of hydrogen-bond acceptors (Lipinski definition) is 8. The Morgan fingerprint density at radius 2 is 1.81 bits per heavy atom. The molecule has 6 aromatic rings. The summed E-state index contributed by atoms with van der Waals surface area (Å²) in [7, 11) is 4.00. The first-order valence-corrected chi connectivity index (χ1v) is 15.9. The van der Waals surface area contributed by atoms with Crippen molar-refractivity contribution in [3.05, 3.63) is 72.8 Å². The van der Waals surface area contributed by atoms with Gasteiger partial charge in [0.25, 0.3) is 0 Å². The van der Waals surface area contributed by atoms with Crippen molar-refractivity contribution in [1.29, 1.82) is 0 Å². The molecule has 240 valence electrons. The zero-order valence-electron chi connectivity index (χ0n) is 26.4. The summed E-state index contributed by atoms with van der Waals surface area (Å²) in [6, 6.07) is 16.5. The number of aromatic nitrogens is 6. The van der Waals surface area contributed by atoms with Crippen LogP contribution in [0.2, 0.25) is 0 Å². The maximum Gasteiger partial charge on any atom is 0.224 e. The molecule has 2 aromatic carbocycles. The van der Waals surface area contributed by atoms with E-state index in [0.29, 0.717) is 58.5 Å². The summed E-state index contributed by atoms with van der Waals surface area (Å²) < 4.78 is 14.7. The number of fused-ring (bicyclic) bond motifs is 2. The maximum absolute atomic E-state index is 14.7. The minimum atomic E-state index is -0.322. The average Bonchev–Trinajstić information content (AvgIpc) is 3.69. The second-order valence-electron chi connectivity index (χ2n) is 12.3. The number of nitrogens with zero attached hydrogens (tertiary/aromatic N) is 5. The Morgan fingerprint density at radius 3 is 2.66 bits per heavy atom. The molecule has 7 rings (SSSR count). The van der Waals surface area contributed by atoms with Crippen LogP contribution in [-0.4, -0.2) is 81.2 Å². The van der Waals surface area contributed by atoms with Crippen LogP contribution < -0.4 is 16.0 Å². The van der Waals surface area contributed by atoms with Crippen molar-refractivity contribution >= 4 is 39.3 Å². The fraction of sp³-hybridized carbons (Fsp3) is 0.286. The molecule has 1 saturated heterocycles. The Labute approximate surface area is 271 Å². The Morgan fingerprint density at radius 1 is 0.957 bits per heavy atom. The Kier molecular flexibility index (Phi) is 8.60. The zero-order valence-corrected chi connectivity index (χ0v) is 26.4. The van der Waals surface area contributed by atoms with Crippen molar-refractivity contribution in [1.82, 2.24) is 40.3 Å². The molecular formula is C35H37FN10O. The van der Waals surface area contributed by atoms with E-state index in [9.17, 15) is 9.18 Å². The van der Waals surface area contributed by atoms with E-state index < -0.39 is 0 Å². The lowest BCUT2D eigenvalue weighted by Gasteiger charge is -2.21. The minimum Gasteiger partial charge on any atom is -0.384 e. The third-order valence-electron chi connectivity index (χ3n) is 8.49. The van der Waals surface area contributed by atoms with Crippen LogP contribution in [0.25, 0.3) is 56.0 Å². The van der Waals surface area contributed by atoms with Crippen LogP contribution in [0.4, 0.5) is 15.8 Å². The summed E-state index contributed by atoms with van der Waals surface area (Å²) in [4.78, 5) is 32.4. The van der Waals surface area contributed by atoms with E-state index >= 15 is 0 Å². The highest BCUT2D eigenvalue weighted by molar-refractivity contribution is 5.97. The summed E-state index contributed by atoms with van der Waals surface area (Å²) in [6.07, 6.45) is 5.90. The van der Waals surface area contributed by atoms with Gasteiger partial charge in [0.15, 0.2) is 11.5 Å². The summed E-state index contributed by atoms with van der Waals surface area (Å²) in [6.45, 7) is 3.44. The lowest BCUT2D eigenvalue weighted by atomic mass is 9.94. The normalized spacial score (nSPS) is 13.9. The van der Waals surface area contributed by atoms with Crippen molar-refractivity contribution in [3.63, 3.8) is 0 Å². The van der Waals surface area contributed by atoms with Gasteiger partial charge in [-0.25, -0.2) is 14.4 Å². The first-order chi connectivity index (χ1) is 22.9. The topological polar surface area (TPSA) is 140 Å². The molecule has 12 heteroatoms. The van der Waals surface area contributed by atoms with Gasteiger partial charge in [-0.1, -0.05) is 12.1 Å². The molecule has 5 N–H and O–H groups in total. The predicted molar refractivity (Wildman–Crippen MR) is 183 cm³/mol. The van der Waals surface area contributed by atoms with E-state index in [0.717, 1.165) is 60.2 Å². The number of pyridine rings is 2. The van der Waals surface area contributed by atoms with Gasteiger partial charge in [-0.15, -0.1) is 0 Å². The van der Waals surface area contributed by atoms with Gasteiger partial charge in [0.1, 0.15) is 11.3 Å². The summed E-state index contributed by atoms with van der Waals surface area (Å²) in [5.41, 5.74) is 7.79. The largest absolute Gasteiger partial charge is 0.384 e. The second kappa shape index (κ2) is 13.3. The highest BCUT2D eigenvalue weighted by atomic mass is 19.1. The van der Waals surface area contributed by atoms with Gasteiger partial charge in [-0.05, 0) is 94.0 Å². The van der Waals surface area contributed by atoms with Crippen LogP contribution in [-0.2, 0) is 4.79 Å².